The quantitative estimate of drug-likeness (QED) is 0.524. The maximum atomic E-state index is 12.3. The van der Waals surface area contributed by atoms with Crippen LogP contribution in [0.15, 0.2) is 42.5 Å². The third-order valence-electron chi connectivity index (χ3n) is 4.91. The second kappa shape index (κ2) is 12.2. The topological polar surface area (TPSA) is 74.2 Å². The monoisotopic (exact) mass is 416 g/mol. The molecule has 0 aromatic heterocycles. The molecule has 0 spiro atoms. The van der Waals surface area contributed by atoms with Gasteiger partial charge >= 0.3 is 5.97 Å². The van der Waals surface area contributed by atoms with Crippen LogP contribution in [0.3, 0.4) is 0 Å². The van der Waals surface area contributed by atoms with Gasteiger partial charge in [0.05, 0.1) is 40.1 Å². The molecule has 0 saturated heterocycles. The Labute approximate surface area is 178 Å². The Morgan fingerprint density at radius 3 is 2.40 bits per heavy atom. The van der Waals surface area contributed by atoms with Gasteiger partial charge in [-0.2, -0.15) is 0 Å². The molecule has 0 fully saturated rings. The number of rotatable bonds is 12. The highest BCUT2D eigenvalue weighted by Gasteiger charge is 2.20. The molecule has 6 heteroatoms. The molecule has 0 bridgehead atoms. The van der Waals surface area contributed by atoms with Crippen molar-refractivity contribution in [3.8, 4) is 11.5 Å². The van der Waals surface area contributed by atoms with Crippen molar-refractivity contribution in [1.82, 2.24) is 0 Å². The van der Waals surface area contributed by atoms with E-state index in [-0.39, 0.29) is 6.10 Å². The van der Waals surface area contributed by atoms with Crippen LogP contribution >= 0.6 is 0 Å². The minimum Gasteiger partial charge on any atom is -0.497 e. The highest BCUT2D eigenvalue weighted by atomic mass is 16.5. The molecular weight excluding hydrogens is 384 g/mol. The standard InChI is InChI=1S/C24H32O6/c1-17(25)13-20(30-16-18-9-6-5-7-10-18)12-8-11-19-14-21(27-2)15-22(28-3)23(19)24(26)29-4/h5-7,9-10,14-15,17,20,25H,8,11-13,16H2,1-4H3/t17-,20+/m0/s1. The smallest absolute Gasteiger partial charge is 0.341 e. The zero-order valence-electron chi connectivity index (χ0n) is 18.2. The Kier molecular flexibility index (Phi) is 9.64. The Bertz CT molecular complexity index is 788. The van der Waals surface area contributed by atoms with E-state index in [1.54, 1.807) is 20.1 Å². The molecule has 0 radical (unpaired) electrons. The van der Waals surface area contributed by atoms with Crippen LogP contribution in [0.4, 0.5) is 0 Å². The third kappa shape index (κ3) is 7.04. The fraction of sp³-hybridized carbons (Fsp3) is 0.458. The van der Waals surface area contributed by atoms with Crippen molar-refractivity contribution in [3.05, 3.63) is 59.2 Å². The summed E-state index contributed by atoms with van der Waals surface area (Å²) in [6.07, 6.45) is 2.17. The van der Waals surface area contributed by atoms with Gasteiger partial charge in [-0.05, 0) is 49.8 Å². The summed E-state index contributed by atoms with van der Waals surface area (Å²) < 4.78 is 21.7. The summed E-state index contributed by atoms with van der Waals surface area (Å²) >= 11 is 0. The van der Waals surface area contributed by atoms with Crippen LogP contribution in [-0.4, -0.2) is 44.6 Å². The predicted octanol–water partition coefficient (Wildman–Crippen LogP) is 4.17. The van der Waals surface area contributed by atoms with Gasteiger partial charge in [-0.3, -0.25) is 0 Å². The first kappa shape index (κ1) is 23.7. The van der Waals surface area contributed by atoms with Gasteiger partial charge < -0.3 is 24.1 Å². The SMILES string of the molecule is COC(=O)c1c(CCC[C@H](C[C@H](C)O)OCc2ccccc2)cc(OC)cc1OC. The third-order valence-corrected chi connectivity index (χ3v) is 4.91. The summed E-state index contributed by atoms with van der Waals surface area (Å²) in [6, 6.07) is 13.5. The summed E-state index contributed by atoms with van der Waals surface area (Å²) in [7, 11) is 4.44. The minimum absolute atomic E-state index is 0.0840. The summed E-state index contributed by atoms with van der Waals surface area (Å²) in [5, 5.41) is 9.85. The fourth-order valence-electron chi connectivity index (χ4n) is 3.41. The number of esters is 1. The van der Waals surface area contributed by atoms with Crippen molar-refractivity contribution in [2.24, 2.45) is 0 Å². The largest absolute Gasteiger partial charge is 0.497 e. The molecular formula is C24H32O6. The molecule has 2 atom stereocenters. The molecule has 0 aliphatic heterocycles. The molecule has 2 aromatic carbocycles. The molecule has 0 unspecified atom stereocenters. The van der Waals surface area contributed by atoms with Crippen LogP contribution in [-0.2, 0) is 22.5 Å². The van der Waals surface area contributed by atoms with Gasteiger partial charge in [0.1, 0.15) is 17.1 Å². The molecule has 30 heavy (non-hydrogen) atoms. The van der Waals surface area contributed by atoms with E-state index < -0.39 is 12.1 Å². The van der Waals surface area contributed by atoms with E-state index in [1.165, 1.54) is 14.2 Å². The molecule has 2 aromatic rings. The summed E-state index contributed by atoms with van der Waals surface area (Å²) in [6.45, 7) is 2.26. The Morgan fingerprint density at radius 1 is 1.07 bits per heavy atom. The number of carbonyl (C=O) groups excluding carboxylic acids is 1. The summed E-state index contributed by atoms with van der Waals surface area (Å²) in [5.41, 5.74) is 2.31. The number of ether oxygens (including phenoxy) is 4. The van der Waals surface area contributed by atoms with Crippen LogP contribution in [0.2, 0.25) is 0 Å². The number of carbonyl (C=O) groups is 1. The minimum atomic E-state index is -0.451. The lowest BCUT2D eigenvalue weighted by molar-refractivity contribution is 0.00227. The number of benzene rings is 2. The van der Waals surface area contributed by atoms with Gasteiger partial charge in [0.2, 0.25) is 0 Å². The maximum absolute atomic E-state index is 12.3. The van der Waals surface area contributed by atoms with Gasteiger partial charge in [0.25, 0.3) is 0 Å². The number of hydrogen-bond acceptors (Lipinski definition) is 6. The van der Waals surface area contributed by atoms with Gasteiger partial charge in [0, 0.05) is 6.07 Å². The van der Waals surface area contributed by atoms with Crippen LogP contribution < -0.4 is 9.47 Å². The van der Waals surface area contributed by atoms with E-state index in [0.717, 1.165) is 24.0 Å². The molecule has 0 amide bonds. The zero-order valence-corrected chi connectivity index (χ0v) is 18.2. The first-order valence-electron chi connectivity index (χ1n) is 10.1. The van der Waals surface area contributed by atoms with Gasteiger partial charge in [-0.25, -0.2) is 4.79 Å². The second-order valence-corrected chi connectivity index (χ2v) is 7.25. The molecule has 0 heterocycles. The average Bonchev–Trinajstić information content (AvgIpc) is 2.76. The molecule has 0 saturated carbocycles. The van der Waals surface area contributed by atoms with Crippen molar-refractivity contribution >= 4 is 5.97 Å². The average molecular weight is 417 g/mol. The van der Waals surface area contributed by atoms with Crippen LogP contribution in [0.5, 0.6) is 11.5 Å². The molecule has 2 rings (SSSR count). The first-order chi connectivity index (χ1) is 14.5. The first-order valence-corrected chi connectivity index (χ1v) is 10.1. The van der Waals surface area contributed by atoms with E-state index in [9.17, 15) is 9.90 Å². The molecule has 164 valence electrons. The fourth-order valence-corrected chi connectivity index (χ4v) is 3.41. The van der Waals surface area contributed by atoms with Crippen molar-refractivity contribution in [2.75, 3.05) is 21.3 Å². The van der Waals surface area contributed by atoms with E-state index in [2.05, 4.69) is 0 Å². The van der Waals surface area contributed by atoms with Crippen LogP contribution in [0.1, 0.15) is 47.7 Å². The molecule has 0 aliphatic carbocycles. The van der Waals surface area contributed by atoms with Crippen molar-refractivity contribution < 1.29 is 28.8 Å². The number of methoxy groups -OCH3 is 3. The van der Waals surface area contributed by atoms with E-state index in [4.69, 9.17) is 18.9 Å². The lowest BCUT2D eigenvalue weighted by Gasteiger charge is -2.20. The predicted molar refractivity (Wildman–Crippen MR) is 115 cm³/mol. The summed E-state index contributed by atoms with van der Waals surface area (Å²) in [4.78, 5) is 12.3. The molecule has 1 N–H and O–H groups in total. The number of aliphatic hydroxyl groups is 1. The number of hydrogen-bond donors (Lipinski definition) is 1. The Morgan fingerprint density at radius 2 is 1.80 bits per heavy atom. The van der Waals surface area contributed by atoms with E-state index in [1.807, 2.05) is 36.4 Å². The zero-order chi connectivity index (χ0) is 21.9. The molecule has 0 aliphatic rings. The number of aryl methyl sites for hydroxylation is 1. The highest BCUT2D eigenvalue weighted by molar-refractivity contribution is 5.94. The van der Waals surface area contributed by atoms with Gasteiger partial charge in [0.15, 0.2) is 0 Å². The van der Waals surface area contributed by atoms with Crippen molar-refractivity contribution in [3.63, 3.8) is 0 Å². The Balaban J connectivity index is 2.08. The maximum Gasteiger partial charge on any atom is 0.341 e. The van der Waals surface area contributed by atoms with Crippen molar-refractivity contribution in [1.29, 1.82) is 0 Å². The van der Waals surface area contributed by atoms with Crippen molar-refractivity contribution in [2.45, 2.75) is 51.4 Å². The van der Waals surface area contributed by atoms with Gasteiger partial charge in [-0.1, -0.05) is 30.3 Å². The number of aliphatic hydroxyl groups excluding tert-OH is 1. The lowest BCUT2D eigenvalue weighted by Crippen LogP contribution is -2.19. The lowest BCUT2D eigenvalue weighted by atomic mass is 9.98. The second-order valence-electron chi connectivity index (χ2n) is 7.25. The Hall–Kier alpha value is -2.57. The normalized spacial score (nSPS) is 12.8. The van der Waals surface area contributed by atoms with Crippen LogP contribution in [0.25, 0.3) is 0 Å². The highest BCUT2D eigenvalue weighted by Crippen LogP contribution is 2.31. The molecule has 6 nitrogen and oxygen atoms in total. The van der Waals surface area contributed by atoms with E-state index in [0.29, 0.717) is 36.5 Å². The van der Waals surface area contributed by atoms with Crippen LogP contribution in [0, 0.1) is 0 Å². The van der Waals surface area contributed by atoms with Gasteiger partial charge in [-0.15, -0.1) is 0 Å². The summed E-state index contributed by atoms with van der Waals surface area (Å²) in [5.74, 6) is 0.609. The van der Waals surface area contributed by atoms with E-state index >= 15 is 0 Å².